The maximum Gasteiger partial charge on any atom is 0.236 e. The summed E-state index contributed by atoms with van der Waals surface area (Å²) in [5.41, 5.74) is 5.69. The highest BCUT2D eigenvalue weighted by atomic mass is 16.2. The number of rotatable bonds is 9. The highest BCUT2D eigenvalue weighted by Crippen LogP contribution is 1.97. The molecule has 0 aromatic carbocycles. The summed E-state index contributed by atoms with van der Waals surface area (Å²) >= 11 is 0. The summed E-state index contributed by atoms with van der Waals surface area (Å²) in [6.45, 7) is 5.09. The molecule has 17 heavy (non-hydrogen) atoms. The molecule has 0 saturated carbocycles. The van der Waals surface area contributed by atoms with Crippen LogP contribution in [0.25, 0.3) is 0 Å². The van der Waals surface area contributed by atoms with E-state index in [0.717, 1.165) is 19.3 Å². The summed E-state index contributed by atoms with van der Waals surface area (Å²) < 4.78 is 0. The lowest BCUT2D eigenvalue weighted by Gasteiger charge is -2.11. The summed E-state index contributed by atoms with van der Waals surface area (Å²) in [7, 11) is 0. The number of hydrogen-bond acceptors (Lipinski definition) is 3. The number of carbonyl (C=O) groups is 2. The predicted octanol–water partition coefficient (Wildman–Crippen LogP) is 0.536. The van der Waals surface area contributed by atoms with Crippen molar-refractivity contribution in [2.24, 2.45) is 5.73 Å². The van der Waals surface area contributed by atoms with Crippen LogP contribution in [0.15, 0.2) is 0 Å². The van der Waals surface area contributed by atoms with E-state index in [2.05, 4.69) is 17.6 Å². The lowest BCUT2D eigenvalue weighted by atomic mass is 10.1. The van der Waals surface area contributed by atoms with Crippen molar-refractivity contribution in [2.75, 3.05) is 13.1 Å². The molecule has 0 aromatic heterocycles. The standard InChI is InChI=1S/C12H25N3O2/c1-3-5-6-10(13)12(17)15-9-7-11(16)14-8-4-2/h10H,3-9,13H2,1-2H3,(H,14,16)(H,15,17)/t10-/m0/s1. The molecular formula is C12H25N3O2. The van der Waals surface area contributed by atoms with Crippen molar-refractivity contribution >= 4 is 11.8 Å². The van der Waals surface area contributed by atoms with Crippen LogP contribution >= 0.6 is 0 Å². The fraction of sp³-hybridized carbons (Fsp3) is 0.833. The molecule has 100 valence electrons. The zero-order chi connectivity index (χ0) is 13.1. The van der Waals surface area contributed by atoms with Crippen LogP contribution in [0.5, 0.6) is 0 Å². The number of amides is 2. The van der Waals surface area contributed by atoms with Gasteiger partial charge in [0.25, 0.3) is 0 Å². The van der Waals surface area contributed by atoms with Gasteiger partial charge in [0.1, 0.15) is 0 Å². The van der Waals surface area contributed by atoms with Crippen molar-refractivity contribution in [3.63, 3.8) is 0 Å². The second kappa shape index (κ2) is 10.1. The summed E-state index contributed by atoms with van der Waals surface area (Å²) in [5.74, 6) is -0.198. The van der Waals surface area contributed by atoms with E-state index >= 15 is 0 Å². The zero-order valence-corrected chi connectivity index (χ0v) is 10.9. The Balaban J connectivity index is 3.59. The molecule has 0 radical (unpaired) electrons. The second-order valence-corrected chi connectivity index (χ2v) is 4.14. The smallest absolute Gasteiger partial charge is 0.236 e. The normalized spacial score (nSPS) is 11.9. The van der Waals surface area contributed by atoms with E-state index in [1.165, 1.54) is 0 Å². The maximum absolute atomic E-state index is 11.5. The van der Waals surface area contributed by atoms with Crippen LogP contribution in [0.2, 0.25) is 0 Å². The monoisotopic (exact) mass is 243 g/mol. The van der Waals surface area contributed by atoms with Crippen LogP contribution < -0.4 is 16.4 Å². The molecule has 0 bridgehead atoms. The van der Waals surface area contributed by atoms with Crippen molar-refractivity contribution < 1.29 is 9.59 Å². The Morgan fingerprint density at radius 2 is 1.82 bits per heavy atom. The first kappa shape index (κ1) is 15.9. The minimum atomic E-state index is -0.450. The van der Waals surface area contributed by atoms with Crippen molar-refractivity contribution in [3.8, 4) is 0 Å². The van der Waals surface area contributed by atoms with Crippen LogP contribution in [0.1, 0.15) is 46.0 Å². The molecule has 1 atom stereocenters. The van der Waals surface area contributed by atoms with Crippen molar-refractivity contribution in [1.29, 1.82) is 0 Å². The molecule has 0 unspecified atom stereocenters. The molecule has 0 fully saturated rings. The van der Waals surface area contributed by atoms with E-state index in [4.69, 9.17) is 5.73 Å². The van der Waals surface area contributed by atoms with Crippen LogP contribution in [-0.2, 0) is 9.59 Å². The van der Waals surface area contributed by atoms with Crippen LogP contribution in [0.3, 0.4) is 0 Å². The van der Waals surface area contributed by atoms with Gasteiger partial charge in [-0.15, -0.1) is 0 Å². The van der Waals surface area contributed by atoms with Gasteiger partial charge in [-0.1, -0.05) is 26.7 Å². The van der Waals surface area contributed by atoms with Gasteiger partial charge in [-0.2, -0.15) is 0 Å². The van der Waals surface area contributed by atoms with E-state index < -0.39 is 6.04 Å². The van der Waals surface area contributed by atoms with Gasteiger partial charge in [0.05, 0.1) is 6.04 Å². The Morgan fingerprint density at radius 3 is 2.41 bits per heavy atom. The van der Waals surface area contributed by atoms with Crippen LogP contribution in [0.4, 0.5) is 0 Å². The molecule has 5 nitrogen and oxygen atoms in total. The number of carbonyl (C=O) groups excluding carboxylic acids is 2. The molecule has 0 aromatic rings. The van der Waals surface area contributed by atoms with Crippen molar-refractivity contribution in [1.82, 2.24) is 10.6 Å². The number of unbranched alkanes of at least 4 members (excludes halogenated alkanes) is 1. The van der Waals surface area contributed by atoms with Crippen LogP contribution in [0, 0.1) is 0 Å². The third-order valence-electron chi connectivity index (χ3n) is 2.43. The van der Waals surface area contributed by atoms with Crippen LogP contribution in [-0.4, -0.2) is 30.9 Å². The molecule has 0 aliphatic rings. The fourth-order valence-corrected chi connectivity index (χ4v) is 1.34. The lowest BCUT2D eigenvalue weighted by molar-refractivity contribution is -0.123. The quantitative estimate of drug-likeness (QED) is 0.552. The largest absolute Gasteiger partial charge is 0.356 e. The van der Waals surface area contributed by atoms with Crippen molar-refractivity contribution in [3.05, 3.63) is 0 Å². The van der Waals surface area contributed by atoms with Gasteiger partial charge >= 0.3 is 0 Å². The Morgan fingerprint density at radius 1 is 1.12 bits per heavy atom. The Kier molecular flexibility index (Phi) is 9.43. The summed E-state index contributed by atoms with van der Waals surface area (Å²) in [5, 5.41) is 5.42. The zero-order valence-electron chi connectivity index (χ0n) is 10.9. The highest BCUT2D eigenvalue weighted by Gasteiger charge is 2.12. The number of nitrogens with two attached hydrogens (primary N) is 1. The number of nitrogens with one attached hydrogen (secondary N) is 2. The van der Waals surface area contributed by atoms with Gasteiger partial charge in [-0.05, 0) is 12.8 Å². The molecule has 4 N–H and O–H groups in total. The molecular weight excluding hydrogens is 218 g/mol. The van der Waals surface area contributed by atoms with Gasteiger partial charge in [0.15, 0.2) is 0 Å². The molecule has 2 amide bonds. The van der Waals surface area contributed by atoms with Gasteiger partial charge in [-0.3, -0.25) is 9.59 Å². The van der Waals surface area contributed by atoms with Gasteiger partial charge in [-0.25, -0.2) is 0 Å². The van der Waals surface area contributed by atoms with E-state index in [0.29, 0.717) is 25.9 Å². The molecule has 5 heteroatoms. The topological polar surface area (TPSA) is 84.2 Å². The van der Waals surface area contributed by atoms with Gasteiger partial charge in [0, 0.05) is 19.5 Å². The average molecular weight is 243 g/mol. The first-order valence-electron chi connectivity index (χ1n) is 6.41. The Labute approximate surface area is 104 Å². The van der Waals surface area contributed by atoms with E-state index in [9.17, 15) is 9.59 Å². The molecule has 0 spiro atoms. The van der Waals surface area contributed by atoms with E-state index in [1.807, 2.05) is 6.92 Å². The van der Waals surface area contributed by atoms with E-state index in [-0.39, 0.29) is 11.8 Å². The lowest BCUT2D eigenvalue weighted by Crippen LogP contribution is -2.41. The third-order valence-corrected chi connectivity index (χ3v) is 2.43. The molecule has 0 saturated heterocycles. The summed E-state index contributed by atoms with van der Waals surface area (Å²) in [4.78, 5) is 22.7. The predicted molar refractivity (Wildman–Crippen MR) is 68.4 cm³/mol. The fourth-order valence-electron chi connectivity index (χ4n) is 1.34. The average Bonchev–Trinajstić information content (AvgIpc) is 2.33. The first-order valence-corrected chi connectivity index (χ1v) is 6.41. The minimum Gasteiger partial charge on any atom is -0.356 e. The number of hydrogen-bond donors (Lipinski definition) is 3. The van der Waals surface area contributed by atoms with Crippen molar-refractivity contribution in [2.45, 2.75) is 52.0 Å². The minimum absolute atomic E-state index is 0.0331. The molecule has 0 rings (SSSR count). The third kappa shape index (κ3) is 8.68. The molecule has 0 heterocycles. The Bertz CT molecular complexity index is 232. The first-order chi connectivity index (χ1) is 8.11. The SMILES string of the molecule is CCCC[C@H](N)C(=O)NCCC(=O)NCCC. The van der Waals surface area contributed by atoms with Gasteiger partial charge < -0.3 is 16.4 Å². The molecule has 0 aliphatic heterocycles. The van der Waals surface area contributed by atoms with Gasteiger partial charge in [0.2, 0.25) is 11.8 Å². The highest BCUT2D eigenvalue weighted by molar-refractivity contribution is 5.82. The molecule has 0 aliphatic carbocycles. The summed E-state index contributed by atoms with van der Waals surface area (Å²) in [6, 6.07) is -0.450. The van der Waals surface area contributed by atoms with E-state index in [1.54, 1.807) is 0 Å². The Hall–Kier alpha value is -1.10. The summed E-state index contributed by atoms with van der Waals surface area (Å²) in [6.07, 6.45) is 3.91. The maximum atomic E-state index is 11.5. The second-order valence-electron chi connectivity index (χ2n) is 4.14.